The van der Waals surface area contributed by atoms with Crippen molar-refractivity contribution < 1.29 is 9.90 Å². The third-order valence-electron chi connectivity index (χ3n) is 1.45. The van der Waals surface area contributed by atoms with E-state index in [9.17, 15) is 4.79 Å². The first-order valence-electron chi connectivity index (χ1n) is 3.70. The summed E-state index contributed by atoms with van der Waals surface area (Å²) in [6.45, 7) is 3.54. The number of carbonyl (C=O) groups excluding carboxylic acids is 1. The van der Waals surface area contributed by atoms with Gasteiger partial charge in [0, 0.05) is 12.6 Å². The molecule has 1 amide bonds. The minimum atomic E-state index is -0.507. The zero-order valence-corrected chi connectivity index (χ0v) is 7.22. The van der Waals surface area contributed by atoms with Crippen LogP contribution in [0.4, 0.5) is 0 Å². The molecular weight excluding hydrogens is 142 g/mol. The molecule has 0 fully saturated rings. The van der Waals surface area contributed by atoms with Gasteiger partial charge in [-0.25, -0.2) is 0 Å². The molecule has 0 aromatic rings. The van der Waals surface area contributed by atoms with Crippen molar-refractivity contribution in [3.05, 3.63) is 11.6 Å². The molecule has 0 bridgehead atoms. The van der Waals surface area contributed by atoms with Gasteiger partial charge < -0.3 is 10.4 Å². The molecule has 0 heterocycles. The van der Waals surface area contributed by atoms with Crippen molar-refractivity contribution in [1.82, 2.24) is 5.32 Å². The molecule has 11 heavy (non-hydrogen) atoms. The third kappa shape index (κ3) is 3.78. The van der Waals surface area contributed by atoms with Gasteiger partial charge >= 0.3 is 0 Å². The number of aliphatic hydroxyl groups excluding tert-OH is 1. The molecule has 0 spiro atoms. The second-order valence-electron chi connectivity index (χ2n) is 2.40. The summed E-state index contributed by atoms with van der Waals surface area (Å²) in [4.78, 5) is 10.9. The number of likely N-dealkylation sites (N-methyl/N-ethyl adjacent to an activating group) is 1. The van der Waals surface area contributed by atoms with Crippen LogP contribution < -0.4 is 5.32 Å². The van der Waals surface area contributed by atoms with Crippen LogP contribution in [-0.4, -0.2) is 24.2 Å². The Balaban J connectivity index is 4.09. The Morgan fingerprint density at radius 1 is 1.73 bits per heavy atom. The van der Waals surface area contributed by atoms with Crippen LogP contribution in [-0.2, 0) is 4.79 Å². The van der Waals surface area contributed by atoms with Crippen LogP contribution in [0.2, 0.25) is 0 Å². The first-order chi connectivity index (χ1) is 5.11. The molecular formula is C8H15NO2. The third-order valence-corrected chi connectivity index (χ3v) is 1.45. The average molecular weight is 157 g/mol. The molecule has 0 aromatic heterocycles. The number of hydrogen-bond acceptors (Lipinski definition) is 2. The number of aliphatic hydroxyl groups is 1. The first kappa shape index (κ1) is 10.2. The maximum atomic E-state index is 10.9. The van der Waals surface area contributed by atoms with Crippen LogP contribution in [0.5, 0.6) is 0 Å². The zero-order chi connectivity index (χ0) is 8.85. The molecule has 1 atom stereocenters. The monoisotopic (exact) mass is 157 g/mol. The Bertz CT molecular complexity index is 163. The quantitative estimate of drug-likeness (QED) is 0.584. The summed E-state index contributed by atoms with van der Waals surface area (Å²) in [6.07, 6.45) is 1.68. The second kappa shape index (κ2) is 4.91. The van der Waals surface area contributed by atoms with E-state index in [2.05, 4.69) is 5.32 Å². The highest BCUT2D eigenvalue weighted by atomic mass is 16.3. The van der Waals surface area contributed by atoms with E-state index in [1.165, 1.54) is 0 Å². The molecule has 0 aliphatic carbocycles. The Hall–Kier alpha value is -0.830. The van der Waals surface area contributed by atoms with E-state index < -0.39 is 6.10 Å². The van der Waals surface area contributed by atoms with E-state index >= 15 is 0 Å². The fourth-order valence-corrected chi connectivity index (χ4v) is 0.679. The molecule has 0 aromatic carbocycles. The average Bonchev–Trinajstić information content (AvgIpc) is 2.02. The summed E-state index contributed by atoms with van der Waals surface area (Å²) in [5.74, 6) is -0.141. The molecule has 0 rings (SSSR count). The number of carbonyl (C=O) groups is 1. The minimum absolute atomic E-state index is 0.141. The van der Waals surface area contributed by atoms with Crippen molar-refractivity contribution in [1.29, 1.82) is 0 Å². The number of nitrogens with one attached hydrogen (secondary N) is 1. The lowest BCUT2D eigenvalue weighted by Gasteiger charge is -2.03. The van der Waals surface area contributed by atoms with Crippen LogP contribution in [0.15, 0.2) is 11.6 Å². The molecule has 0 saturated heterocycles. The molecule has 3 heteroatoms. The number of amides is 1. The van der Waals surface area contributed by atoms with Gasteiger partial charge in [0.05, 0.1) is 6.10 Å². The van der Waals surface area contributed by atoms with E-state index in [4.69, 9.17) is 5.11 Å². The van der Waals surface area contributed by atoms with Gasteiger partial charge in [-0.05, 0) is 19.4 Å². The van der Waals surface area contributed by atoms with Gasteiger partial charge in [0.25, 0.3) is 0 Å². The highest BCUT2D eigenvalue weighted by Crippen LogP contribution is 1.98. The molecule has 0 saturated carbocycles. The maximum Gasteiger partial charge on any atom is 0.246 e. The van der Waals surface area contributed by atoms with Crippen LogP contribution >= 0.6 is 0 Å². The minimum Gasteiger partial charge on any atom is -0.389 e. The SMILES string of the molecule is CCC(O)/C=C(\C)C(=O)NC. The highest BCUT2D eigenvalue weighted by Gasteiger charge is 2.02. The fourth-order valence-electron chi connectivity index (χ4n) is 0.679. The smallest absolute Gasteiger partial charge is 0.246 e. The van der Waals surface area contributed by atoms with Crippen molar-refractivity contribution in [3.8, 4) is 0 Å². The van der Waals surface area contributed by atoms with E-state index in [0.29, 0.717) is 12.0 Å². The second-order valence-corrected chi connectivity index (χ2v) is 2.40. The lowest BCUT2D eigenvalue weighted by Crippen LogP contribution is -2.19. The molecule has 0 radical (unpaired) electrons. The van der Waals surface area contributed by atoms with Gasteiger partial charge in [0.15, 0.2) is 0 Å². The fraction of sp³-hybridized carbons (Fsp3) is 0.625. The molecule has 0 aliphatic rings. The molecule has 2 N–H and O–H groups in total. The summed E-state index contributed by atoms with van der Waals surface area (Å²) in [5.41, 5.74) is 0.557. The van der Waals surface area contributed by atoms with Gasteiger partial charge in [0.1, 0.15) is 0 Å². The molecule has 0 aliphatic heterocycles. The Kier molecular flexibility index (Phi) is 4.54. The van der Waals surface area contributed by atoms with Crippen LogP contribution in [0.25, 0.3) is 0 Å². The van der Waals surface area contributed by atoms with E-state index in [1.807, 2.05) is 6.92 Å². The lowest BCUT2D eigenvalue weighted by molar-refractivity contribution is -0.117. The topological polar surface area (TPSA) is 49.3 Å². The van der Waals surface area contributed by atoms with Crippen LogP contribution in [0.1, 0.15) is 20.3 Å². The van der Waals surface area contributed by atoms with Gasteiger partial charge in [0.2, 0.25) is 5.91 Å². The molecule has 3 nitrogen and oxygen atoms in total. The van der Waals surface area contributed by atoms with Crippen LogP contribution in [0.3, 0.4) is 0 Å². The van der Waals surface area contributed by atoms with E-state index in [-0.39, 0.29) is 5.91 Å². The van der Waals surface area contributed by atoms with Crippen molar-refractivity contribution in [2.24, 2.45) is 0 Å². The standard InChI is InChI=1S/C8H15NO2/c1-4-7(10)5-6(2)8(11)9-3/h5,7,10H,4H2,1-3H3,(H,9,11)/b6-5+. The molecule has 64 valence electrons. The number of hydrogen-bond donors (Lipinski definition) is 2. The van der Waals surface area contributed by atoms with Crippen molar-refractivity contribution >= 4 is 5.91 Å². The summed E-state index contributed by atoms with van der Waals surface area (Å²) in [5, 5.41) is 11.6. The Morgan fingerprint density at radius 2 is 2.27 bits per heavy atom. The normalized spacial score (nSPS) is 14.4. The van der Waals surface area contributed by atoms with Crippen molar-refractivity contribution in [2.45, 2.75) is 26.4 Å². The Labute approximate surface area is 67.1 Å². The number of rotatable bonds is 3. The maximum absolute atomic E-state index is 10.9. The van der Waals surface area contributed by atoms with E-state index in [0.717, 1.165) is 0 Å². The zero-order valence-electron chi connectivity index (χ0n) is 7.22. The van der Waals surface area contributed by atoms with Crippen molar-refractivity contribution in [3.63, 3.8) is 0 Å². The largest absolute Gasteiger partial charge is 0.389 e. The molecule has 1 unspecified atom stereocenters. The van der Waals surface area contributed by atoms with Gasteiger partial charge in [-0.15, -0.1) is 0 Å². The van der Waals surface area contributed by atoms with Gasteiger partial charge in [-0.2, -0.15) is 0 Å². The highest BCUT2D eigenvalue weighted by molar-refractivity contribution is 5.92. The van der Waals surface area contributed by atoms with Gasteiger partial charge in [-0.1, -0.05) is 6.92 Å². The van der Waals surface area contributed by atoms with Gasteiger partial charge in [-0.3, -0.25) is 4.79 Å². The first-order valence-corrected chi connectivity index (χ1v) is 3.70. The summed E-state index contributed by atoms with van der Waals surface area (Å²) < 4.78 is 0. The summed E-state index contributed by atoms with van der Waals surface area (Å²) in [7, 11) is 1.57. The predicted molar refractivity (Wildman–Crippen MR) is 44.1 cm³/mol. The summed E-state index contributed by atoms with van der Waals surface area (Å²) >= 11 is 0. The van der Waals surface area contributed by atoms with Crippen molar-refractivity contribution in [2.75, 3.05) is 7.05 Å². The predicted octanol–water partition coefficient (Wildman–Crippen LogP) is 0.450. The Morgan fingerprint density at radius 3 is 2.64 bits per heavy atom. The lowest BCUT2D eigenvalue weighted by atomic mass is 10.2. The van der Waals surface area contributed by atoms with E-state index in [1.54, 1.807) is 20.0 Å². The summed E-state index contributed by atoms with van der Waals surface area (Å²) in [6, 6.07) is 0. The van der Waals surface area contributed by atoms with Crippen LogP contribution in [0, 0.1) is 0 Å².